The number of amides is 1. The molecule has 102 valence electrons. The van der Waals surface area contributed by atoms with E-state index < -0.39 is 5.54 Å². The Bertz CT molecular complexity index is 551. The molecule has 2 rings (SSSR count). The molecule has 1 amide bonds. The summed E-state index contributed by atoms with van der Waals surface area (Å²) in [6.45, 7) is 4.50. The number of nitrogens with one attached hydrogen (secondary N) is 1. The molecule has 0 spiro atoms. The fourth-order valence-corrected chi connectivity index (χ4v) is 3.92. The molecule has 1 unspecified atom stereocenters. The Morgan fingerprint density at radius 3 is 2.89 bits per heavy atom. The number of hydrogen-bond donors (Lipinski definition) is 2. The molecule has 0 aliphatic rings. The number of rotatable bonds is 6. The molecule has 0 aliphatic heterocycles. The monoisotopic (exact) mass is 295 g/mol. The van der Waals surface area contributed by atoms with Crippen LogP contribution in [-0.4, -0.2) is 28.7 Å². The van der Waals surface area contributed by atoms with E-state index in [2.05, 4.69) is 16.4 Å². The van der Waals surface area contributed by atoms with Crippen LogP contribution in [0.3, 0.4) is 0 Å². The smallest absolute Gasteiger partial charge is 0.238 e. The van der Waals surface area contributed by atoms with Crippen LogP contribution in [0.2, 0.25) is 0 Å². The zero-order chi connectivity index (χ0) is 13.9. The van der Waals surface area contributed by atoms with E-state index in [1.807, 2.05) is 32.0 Å². The van der Waals surface area contributed by atoms with Crippen LogP contribution < -0.4 is 11.1 Å². The Balaban J connectivity index is 2.10. The molecule has 1 atom stereocenters. The number of primary amides is 1. The number of likely N-dealkylation sites (N-methyl/N-ethyl adjacent to an activating group) is 1. The van der Waals surface area contributed by atoms with E-state index in [1.165, 1.54) is 0 Å². The summed E-state index contributed by atoms with van der Waals surface area (Å²) in [5, 5.41) is 3.14. The number of thiazole rings is 1. The van der Waals surface area contributed by atoms with Crippen LogP contribution in [-0.2, 0) is 4.79 Å². The van der Waals surface area contributed by atoms with Crippen LogP contribution in [0.5, 0.6) is 0 Å². The number of hydrogen-bond acceptors (Lipinski definition) is 5. The highest BCUT2D eigenvalue weighted by Crippen LogP contribution is 2.31. The predicted octanol–water partition coefficient (Wildman–Crippen LogP) is 2.24. The first-order valence-electron chi connectivity index (χ1n) is 6.08. The molecule has 0 bridgehead atoms. The van der Waals surface area contributed by atoms with Gasteiger partial charge in [-0.1, -0.05) is 30.8 Å². The van der Waals surface area contributed by atoms with E-state index in [0.29, 0.717) is 12.3 Å². The normalized spacial score (nSPS) is 14.4. The van der Waals surface area contributed by atoms with Crippen molar-refractivity contribution in [1.82, 2.24) is 10.3 Å². The zero-order valence-electron chi connectivity index (χ0n) is 11.0. The molecule has 4 nitrogen and oxygen atoms in total. The molecule has 6 heteroatoms. The quantitative estimate of drug-likeness (QED) is 0.802. The Kier molecular flexibility index (Phi) is 4.44. The van der Waals surface area contributed by atoms with Crippen molar-refractivity contribution in [2.45, 2.75) is 23.7 Å². The van der Waals surface area contributed by atoms with E-state index in [4.69, 9.17) is 5.73 Å². The van der Waals surface area contributed by atoms with E-state index in [0.717, 1.165) is 14.6 Å². The lowest BCUT2D eigenvalue weighted by molar-refractivity contribution is -0.122. The Labute approximate surface area is 120 Å². The van der Waals surface area contributed by atoms with Gasteiger partial charge in [-0.15, -0.1) is 11.3 Å². The Hall–Kier alpha value is -1.11. The first-order valence-corrected chi connectivity index (χ1v) is 7.88. The van der Waals surface area contributed by atoms with Crippen molar-refractivity contribution in [1.29, 1.82) is 0 Å². The van der Waals surface area contributed by atoms with Crippen LogP contribution in [0, 0.1) is 0 Å². The van der Waals surface area contributed by atoms with Gasteiger partial charge in [-0.2, -0.15) is 0 Å². The topological polar surface area (TPSA) is 68.0 Å². The molecule has 19 heavy (non-hydrogen) atoms. The molecule has 0 saturated carbocycles. The Morgan fingerprint density at radius 2 is 2.26 bits per heavy atom. The summed E-state index contributed by atoms with van der Waals surface area (Å²) in [5.41, 5.74) is 5.77. The summed E-state index contributed by atoms with van der Waals surface area (Å²) in [5.74, 6) is 0.249. The second-order valence-corrected chi connectivity index (χ2v) is 6.72. The molecule has 0 radical (unpaired) electrons. The van der Waals surface area contributed by atoms with Crippen LogP contribution >= 0.6 is 23.1 Å². The second-order valence-electron chi connectivity index (χ2n) is 4.46. The van der Waals surface area contributed by atoms with E-state index >= 15 is 0 Å². The molecule has 3 N–H and O–H groups in total. The van der Waals surface area contributed by atoms with Gasteiger partial charge in [-0.25, -0.2) is 4.98 Å². The van der Waals surface area contributed by atoms with Gasteiger partial charge < -0.3 is 11.1 Å². The van der Waals surface area contributed by atoms with Gasteiger partial charge in [0.1, 0.15) is 5.54 Å². The number of fused-ring (bicyclic) bond motifs is 1. The lowest BCUT2D eigenvalue weighted by Crippen LogP contribution is -2.55. The standard InChI is InChI=1S/C13H17N3OS2/c1-3-15-13(2,11(14)17)8-18-12-16-9-6-4-5-7-10(9)19-12/h4-7,15H,3,8H2,1-2H3,(H2,14,17). The Morgan fingerprint density at radius 1 is 1.53 bits per heavy atom. The van der Waals surface area contributed by atoms with Gasteiger partial charge in [0.15, 0.2) is 4.34 Å². The van der Waals surface area contributed by atoms with Crippen LogP contribution in [0.15, 0.2) is 28.6 Å². The third-order valence-electron chi connectivity index (χ3n) is 2.87. The summed E-state index contributed by atoms with van der Waals surface area (Å²) >= 11 is 3.21. The summed E-state index contributed by atoms with van der Waals surface area (Å²) in [4.78, 5) is 16.1. The number of aromatic nitrogens is 1. The SMILES string of the molecule is CCNC(C)(CSc1nc2ccccc2s1)C(N)=O. The highest BCUT2D eigenvalue weighted by molar-refractivity contribution is 8.01. The molecular weight excluding hydrogens is 278 g/mol. The van der Waals surface area contributed by atoms with Crippen LogP contribution in [0.25, 0.3) is 10.2 Å². The van der Waals surface area contributed by atoms with Crippen LogP contribution in [0.1, 0.15) is 13.8 Å². The highest BCUT2D eigenvalue weighted by Gasteiger charge is 2.30. The van der Waals surface area contributed by atoms with Gasteiger partial charge in [0.25, 0.3) is 0 Å². The largest absolute Gasteiger partial charge is 0.368 e. The van der Waals surface area contributed by atoms with Crippen molar-refractivity contribution in [3.8, 4) is 0 Å². The predicted molar refractivity (Wildman–Crippen MR) is 81.6 cm³/mol. The minimum absolute atomic E-state index is 0.331. The summed E-state index contributed by atoms with van der Waals surface area (Å²) < 4.78 is 2.13. The fourth-order valence-electron chi connectivity index (χ4n) is 1.72. The van der Waals surface area contributed by atoms with Crippen molar-refractivity contribution in [3.05, 3.63) is 24.3 Å². The minimum atomic E-state index is -0.697. The maximum Gasteiger partial charge on any atom is 0.238 e. The fraction of sp³-hybridized carbons (Fsp3) is 0.385. The number of carbonyl (C=O) groups is 1. The molecule has 0 aliphatic carbocycles. The minimum Gasteiger partial charge on any atom is -0.368 e. The van der Waals surface area contributed by atoms with Gasteiger partial charge in [0, 0.05) is 5.75 Å². The second kappa shape index (κ2) is 5.90. The number of benzene rings is 1. The summed E-state index contributed by atoms with van der Waals surface area (Å²) in [6.07, 6.45) is 0. The van der Waals surface area contributed by atoms with E-state index in [9.17, 15) is 4.79 Å². The summed E-state index contributed by atoms with van der Waals surface area (Å²) in [6, 6.07) is 8.02. The maximum absolute atomic E-state index is 11.5. The van der Waals surface area contributed by atoms with Crippen LogP contribution in [0.4, 0.5) is 0 Å². The molecule has 2 aromatic rings. The van der Waals surface area contributed by atoms with E-state index in [1.54, 1.807) is 23.1 Å². The molecule has 1 aromatic carbocycles. The van der Waals surface area contributed by atoms with Crippen molar-refractivity contribution >= 4 is 39.2 Å². The number of thioether (sulfide) groups is 1. The molecule has 1 aromatic heterocycles. The highest BCUT2D eigenvalue weighted by atomic mass is 32.2. The molecule has 1 heterocycles. The molecular formula is C13H17N3OS2. The molecule has 0 fully saturated rings. The first-order chi connectivity index (χ1) is 9.05. The zero-order valence-corrected chi connectivity index (χ0v) is 12.6. The number of nitrogens with zero attached hydrogens (tertiary/aromatic N) is 1. The van der Waals surface area contributed by atoms with Crippen molar-refractivity contribution < 1.29 is 4.79 Å². The number of nitrogens with two attached hydrogens (primary N) is 1. The lowest BCUT2D eigenvalue weighted by Gasteiger charge is -2.25. The number of carbonyl (C=O) groups excluding carboxylic acids is 1. The van der Waals surface area contributed by atoms with Gasteiger partial charge in [0.05, 0.1) is 10.2 Å². The summed E-state index contributed by atoms with van der Waals surface area (Å²) in [7, 11) is 0. The van der Waals surface area contributed by atoms with Crippen molar-refractivity contribution in [2.75, 3.05) is 12.3 Å². The van der Waals surface area contributed by atoms with Gasteiger partial charge >= 0.3 is 0 Å². The number of para-hydroxylation sites is 1. The maximum atomic E-state index is 11.5. The van der Waals surface area contributed by atoms with Crippen molar-refractivity contribution in [3.63, 3.8) is 0 Å². The third-order valence-corrected chi connectivity index (χ3v) is 5.36. The third kappa shape index (κ3) is 3.26. The van der Waals surface area contributed by atoms with Gasteiger partial charge in [-0.3, -0.25) is 4.79 Å². The average Bonchev–Trinajstić information content (AvgIpc) is 2.79. The van der Waals surface area contributed by atoms with Gasteiger partial charge in [0.2, 0.25) is 5.91 Å². The van der Waals surface area contributed by atoms with Crippen molar-refractivity contribution in [2.24, 2.45) is 5.73 Å². The average molecular weight is 295 g/mol. The van der Waals surface area contributed by atoms with Gasteiger partial charge in [-0.05, 0) is 25.6 Å². The first kappa shape index (κ1) is 14.3. The lowest BCUT2D eigenvalue weighted by atomic mass is 10.1. The van der Waals surface area contributed by atoms with E-state index in [-0.39, 0.29) is 5.91 Å². The molecule has 0 saturated heterocycles.